The van der Waals surface area contributed by atoms with Gasteiger partial charge in [-0.15, -0.1) is 11.8 Å². The van der Waals surface area contributed by atoms with Gasteiger partial charge in [-0.3, -0.25) is 0 Å². The lowest BCUT2D eigenvalue weighted by molar-refractivity contribution is 0.941. The first-order valence-corrected chi connectivity index (χ1v) is 7.69. The van der Waals surface area contributed by atoms with Gasteiger partial charge in [0.2, 0.25) is 0 Å². The van der Waals surface area contributed by atoms with Gasteiger partial charge < -0.3 is 5.73 Å². The maximum Gasteiger partial charge on any atom is 0.0603 e. The number of benzene rings is 2. The van der Waals surface area contributed by atoms with Crippen molar-refractivity contribution in [2.24, 2.45) is 5.73 Å². The van der Waals surface area contributed by atoms with Gasteiger partial charge in [-0.05, 0) is 29.8 Å². The van der Waals surface area contributed by atoms with Crippen LogP contribution >= 0.6 is 46.6 Å². The van der Waals surface area contributed by atoms with Crippen LogP contribution in [-0.2, 0) is 0 Å². The van der Waals surface area contributed by atoms with E-state index in [0.29, 0.717) is 16.6 Å². The summed E-state index contributed by atoms with van der Waals surface area (Å²) in [6.45, 7) is 0.495. The Morgan fingerprint density at radius 1 is 0.947 bits per heavy atom. The van der Waals surface area contributed by atoms with Crippen LogP contribution in [0.3, 0.4) is 0 Å². The third kappa shape index (κ3) is 3.80. The van der Waals surface area contributed by atoms with E-state index in [1.807, 2.05) is 36.4 Å². The molecule has 5 heteroatoms. The standard InChI is InChI=1S/C14H12Cl3NS/c15-11-4-2-1-3-10(11)14(8-18)19-9-5-6-12(16)13(17)7-9/h1-7,14H,8,18H2. The lowest BCUT2D eigenvalue weighted by atomic mass is 10.1. The van der Waals surface area contributed by atoms with E-state index in [4.69, 9.17) is 40.5 Å². The molecule has 0 aromatic heterocycles. The SMILES string of the molecule is NCC(Sc1ccc(Cl)c(Cl)c1)c1ccccc1Cl. The van der Waals surface area contributed by atoms with Crippen LogP contribution in [0.15, 0.2) is 47.4 Å². The Balaban J connectivity index is 2.24. The Morgan fingerprint density at radius 2 is 1.68 bits per heavy atom. The topological polar surface area (TPSA) is 26.0 Å². The summed E-state index contributed by atoms with van der Waals surface area (Å²) in [5.74, 6) is 0. The molecule has 1 unspecified atom stereocenters. The van der Waals surface area contributed by atoms with Gasteiger partial charge in [-0.25, -0.2) is 0 Å². The summed E-state index contributed by atoms with van der Waals surface area (Å²) in [4.78, 5) is 1.02. The van der Waals surface area contributed by atoms with E-state index >= 15 is 0 Å². The molecule has 2 rings (SSSR count). The van der Waals surface area contributed by atoms with Crippen molar-refractivity contribution in [2.45, 2.75) is 10.1 Å². The van der Waals surface area contributed by atoms with Gasteiger partial charge in [-0.2, -0.15) is 0 Å². The minimum Gasteiger partial charge on any atom is -0.329 e. The molecule has 0 aliphatic carbocycles. The number of thioether (sulfide) groups is 1. The van der Waals surface area contributed by atoms with Crippen LogP contribution in [0.1, 0.15) is 10.8 Å². The Labute approximate surface area is 132 Å². The average molecular weight is 333 g/mol. The zero-order valence-corrected chi connectivity index (χ0v) is 13.0. The zero-order chi connectivity index (χ0) is 13.8. The monoisotopic (exact) mass is 331 g/mol. The fourth-order valence-electron chi connectivity index (χ4n) is 1.69. The Hall–Kier alpha value is -0.380. The predicted octanol–water partition coefficient (Wildman–Crippen LogP) is 5.44. The van der Waals surface area contributed by atoms with E-state index < -0.39 is 0 Å². The zero-order valence-electron chi connectivity index (χ0n) is 9.95. The number of halogens is 3. The van der Waals surface area contributed by atoms with Gasteiger partial charge >= 0.3 is 0 Å². The first-order valence-electron chi connectivity index (χ1n) is 5.68. The summed E-state index contributed by atoms with van der Waals surface area (Å²) >= 11 is 19.8. The molecule has 0 heterocycles. The van der Waals surface area contributed by atoms with E-state index in [1.165, 1.54) is 0 Å². The van der Waals surface area contributed by atoms with E-state index in [9.17, 15) is 0 Å². The maximum atomic E-state index is 6.20. The quantitative estimate of drug-likeness (QED) is 0.754. The Bertz CT molecular complexity index is 574. The molecule has 1 atom stereocenters. The molecular formula is C14H12Cl3NS. The Morgan fingerprint density at radius 3 is 2.32 bits per heavy atom. The molecule has 0 radical (unpaired) electrons. The van der Waals surface area contributed by atoms with Crippen molar-refractivity contribution in [3.8, 4) is 0 Å². The third-order valence-electron chi connectivity index (χ3n) is 2.64. The molecule has 2 aromatic carbocycles. The molecule has 0 saturated carbocycles. The van der Waals surface area contributed by atoms with Crippen molar-refractivity contribution < 1.29 is 0 Å². The lowest BCUT2D eigenvalue weighted by Crippen LogP contribution is -2.09. The van der Waals surface area contributed by atoms with Crippen LogP contribution in [0.4, 0.5) is 0 Å². The normalized spacial score (nSPS) is 12.4. The van der Waals surface area contributed by atoms with E-state index in [-0.39, 0.29) is 5.25 Å². The van der Waals surface area contributed by atoms with Gasteiger partial charge in [0.1, 0.15) is 0 Å². The second-order valence-corrected chi connectivity index (χ2v) is 6.44. The maximum absolute atomic E-state index is 6.20. The summed E-state index contributed by atoms with van der Waals surface area (Å²) < 4.78 is 0. The fraction of sp³-hybridized carbons (Fsp3) is 0.143. The number of hydrogen-bond donors (Lipinski definition) is 1. The molecular weight excluding hydrogens is 321 g/mol. The molecule has 1 nitrogen and oxygen atoms in total. The molecule has 2 aromatic rings. The fourth-order valence-corrected chi connectivity index (χ4v) is 3.47. The molecule has 100 valence electrons. The first kappa shape index (κ1) is 15.0. The highest BCUT2D eigenvalue weighted by atomic mass is 35.5. The van der Waals surface area contributed by atoms with Crippen LogP contribution in [0.5, 0.6) is 0 Å². The van der Waals surface area contributed by atoms with Crippen molar-refractivity contribution >= 4 is 46.6 Å². The second kappa shape index (κ2) is 6.87. The third-order valence-corrected chi connectivity index (χ3v) is 4.98. The highest BCUT2D eigenvalue weighted by Gasteiger charge is 2.14. The van der Waals surface area contributed by atoms with Crippen LogP contribution in [0.25, 0.3) is 0 Å². The summed E-state index contributed by atoms with van der Waals surface area (Å²) in [6.07, 6.45) is 0. The van der Waals surface area contributed by atoms with Gasteiger partial charge in [0.15, 0.2) is 0 Å². The number of rotatable bonds is 4. The highest BCUT2D eigenvalue weighted by molar-refractivity contribution is 7.99. The van der Waals surface area contributed by atoms with Gasteiger partial charge in [0, 0.05) is 21.7 Å². The van der Waals surface area contributed by atoms with Crippen LogP contribution in [-0.4, -0.2) is 6.54 Å². The lowest BCUT2D eigenvalue weighted by Gasteiger charge is -2.16. The van der Waals surface area contributed by atoms with Crippen molar-refractivity contribution in [3.63, 3.8) is 0 Å². The van der Waals surface area contributed by atoms with Gasteiger partial charge in [-0.1, -0.05) is 53.0 Å². The molecule has 0 spiro atoms. The summed E-state index contributed by atoms with van der Waals surface area (Å²) in [6, 6.07) is 13.3. The van der Waals surface area contributed by atoms with Crippen LogP contribution in [0.2, 0.25) is 15.1 Å². The second-order valence-electron chi connectivity index (χ2n) is 3.94. The van der Waals surface area contributed by atoms with Gasteiger partial charge in [0.05, 0.1) is 10.0 Å². The van der Waals surface area contributed by atoms with E-state index in [0.717, 1.165) is 15.5 Å². The summed E-state index contributed by atoms with van der Waals surface area (Å²) in [7, 11) is 0. The number of nitrogens with two attached hydrogens (primary N) is 1. The van der Waals surface area contributed by atoms with Crippen molar-refractivity contribution in [2.75, 3.05) is 6.54 Å². The minimum absolute atomic E-state index is 0.0888. The smallest absolute Gasteiger partial charge is 0.0603 e. The predicted molar refractivity (Wildman–Crippen MR) is 85.6 cm³/mol. The molecule has 0 saturated heterocycles. The van der Waals surface area contributed by atoms with Crippen LogP contribution < -0.4 is 5.73 Å². The highest BCUT2D eigenvalue weighted by Crippen LogP contribution is 2.39. The molecule has 0 bridgehead atoms. The molecule has 0 fully saturated rings. The first-order chi connectivity index (χ1) is 9.11. The van der Waals surface area contributed by atoms with Gasteiger partial charge in [0.25, 0.3) is 0 Å². The molecule has 19 heavy (non-hydrogen) atoms. The molecule has 2 N–H and O–H groups in total. The molecule has 0 amide bonds. The Kier molecular flexibility index (Phi) is 5.43. The average Bonchev–Trinajstić information content (AvgIpc) is 2.41. The molecule has 0 aliphatic heterocycles. The van der Waals surface area contributed by atoms with Crippen molar-refractivity contribution in [1.82, 2.24) is 0 Å². The molecule has 0 aliphatic rings. The van der Waals surface area contributed by atoms with Crippen molar-refractivity contribution in [1.29, 1.82) is 0 Å². The minimum atomic E-state index is 0.0888. The van der Waals surface area contributed by atoms with Crippen LogP contribution in [0, 0.1) is 0 Å². The van der Waals surface area contributed by atoms with Crippen molar-refractivity contribution in [3.05, 3.63) is 63.1 Å². The summed E-state index contributed by atoms with van der Waals surface area (Å²) in [5.41, 5.74) is 6.88. The largest absolute Gasteiger partial charge is 0.329 e. The van der Waals surface area contributed by atoms with E-state index in [2.05, 4.69) is 0 Å². The summed E-state index contributed by atoms with van der Waals surface area (Å²) in [5, 5.41) is 1.91. The number of hydrogen-bond acceptors (Lipinski definition) is 2. The van der Waals surface area contributed by atoms with E-state index in [1.54, 1.807) is 17.8 Å².